The number of rotatable bonds is 5. The lowest BCUT2D eigenvalue weighted by atomic mass is 9.89. The molecule has 2 saturated carbocycles. The van der Waals surface area contributed by atoms with Gasteiger partial charge in [0.2, 0.25) is 0 Å². The van der Waals surface area contributed by atoms with Crippen molar-refractivity contribution < 1.29 is 4.79 Å². The zero-order chi connectivity index (χ0) is 14.8. The van der Waals surface area contributed by atoms with Gasteiger partial charge >= 0.3 is 0 Å². The van der Waals surface area contributed by atoms with Crippen LogP contribution in [0.1, 0.15) is 73.4 Å². The number of amides is 1. The van der Waals surface area contributed by atoms with Crippen LogP contribution in [0.4, 0.5) is 0 Å². The molecular weight excluding hydrogens is 282 g/mol. The highest BCUT2D eigenvalue weighted by molar-refractivity contribution is 7.09. The van der Waals surface area contributed by atoms with E-state index in [0.717, 1.165) is 24.4 Å². The lowest BCUT2D eigenvalue weighted by molar-refractivity contribution is 0.0693. The Morgan fingerprint density at radius 2 is 2.10 bits per heavy atom. The van der Waals surface area contributed by atoms with E-state index < -0.39 is 0 Å². The smallest absolute Gasteiger partial charge is 0.273 e. The van der Waals surface area contributed by atoms with Crippen molar-refractivity contribution in [3.63, 3.8) is 0 Å². The van der Waals surface area contributed by atoms with Gasteiger partial charge in [-0.15, -0.1) is 11.3 Å². The van der Waals surface area contributed by atoms with E-state index in [0.29, 0.717) is 17.7 Å². The van der Waals surface area contributed by atoms with Gasteiger partial charge < -0.3 is 10.6 Å². The highest BCUT2D eigenvalue weighted by Gasteiger charge is 2.35. The number of carbonyl (C=O) groups excluding carboxylic acids is 1. The third-order valence-electron chi connectivity index (χ3n) is 4.56. The minimum absolute atomic E-state index is 0.0933. The largest absolute Gasteiger partial charge is 0.334 e. The Bertz CT molecular complexity index is 489. The molecule has 1 aromatic rings. The van der Waals surface area contributed by atoms with Crippen LogP contribution >= 0.6 is 11.3 Å². The molecule has 1 aromatic heterocycles. The summed E-state index contributed by atoms with van der Waals surface area (Å²) >= 11 is 1.50. The van der Waals surface area contributed by atoms with Crippen LogP contribution in [0.5, 0.6) is 0 Å². The maximum Gasteiger partial charge on any atom is 0.273 e. The van der Waals surface area contributed by atoms with Crippen LogP contribution in [0, 0.1) is 5.92 Å². The van der Waals surface area contributed by atoms with Gasteiger partial charge in [-0.25, -0.2) is 4.98 Å². The molecule has 5 heteroatoms. The van der Waals surface area contributed by atoms with Gasteiger partial charge in [0, 0.05) is 18.0 Å². The quantitative estimate of drug-likeness (QED) is 0.907. The van der Waals surface area contributed by atoms with Crippen molar-refractivity contribution in [1.82, 2.24) is 9.88 Å². The first kappa shape index (κ1) is 15.0. The topological polar surface area (TPSA) is 59.2 Å². The summed E-state index contributed by atoms with van der Waals surface area (Å²) in [5, 5.41) is 2.73. The number of nitrogens with two attached hydrogens (primary N) is 1. The van der Waals surface area contributed by atoms with Crippen molar-refractivity contribution in [2.45, 2.75) is 64.0 Å². The monoisotopic (exact) mass is 307 g/mol. The first-order chi connectivity index (χ1) is 10.1. The number of thiazole rings is 1. The van der Waals surface area contributed by atoms with E-state index in [1.54, 1.807) is 0 Å². The summed E-state index contributed by atoms with van der Waals surface area (Å²) in [5.74, 6) is 0.807. The van der Waals surface area contributed by atoms with Crippen LogP contribution in [0.15, 0.2) is 5.38 Å². The molecule has 2 fully saturated rings. The normalized spacial score (nSPS) is 21.2. The lowest BCUT2D eigenvalue weighted by Crippen LogP contribution is -2.38. The summed E-state index contributed by atoms with van der Waals surface area (Å²) in [6, 6.07) is 0.365. The number of nitrogens with zero attached hydrogens (tertiary/aromatic N) is 2. The lowest BCUT2D eigenvalue weighted by Gasteiger charge is -2.29. The van der Waals surface area contributed by atoms with Crippen molar-refractivity contribution in [3.8, 4) is 0 Å². The molecule has 2 N–H and O–H groups in total. The molecule has 1 atom stereocenters. The zero-order valence-corrected chi connectivity index (χ0v) is 13.6. The molecule has 1 amide bonds. The summed E-state index contributed by atoms with van der Waals surface area (Å²) in [5.41, 5.74) is 6.44. The Morgan fingerprint density at radius 1 is 1.38 bits per heavy atom. The molecule has 21 heavy (non-hydrogen) atoms. The average molecular weight is 307 g/mol. The summed E-state index contributed by atoms with van der Waals surface area (Å²) in [6.45, 7) is 2.84. The van der Waals surface area contributed by atoms with Gasteiger partial charge in [-0.3, -0.25) is 4.79 Å². The minimum atomic E-state index is -0.0933. The van der Waals surface area contributed by atoms with E-state index in [1.165, 1.54) is 43.4 Å². The first-order valence-electron chi connectivity index (χ1n) is 8.17. The predicted molar refractivity (Wildman–Crippen MR) is 85.3 cm³/mol. The van der Waals surface area contributed by atoms with Gasteiger partial charge in [0.25, 0.3) is 5.91 Å². The molecule has 1 heterocycles. The predicted octanol–water partition coefficient (Wildman–Crippen LogP) is 3.35. The second kappa shape index (κ2) is 6.44. The van der Waals surface area contributed by atoms with Gasteiger partial charge in [-0.1, -0.05) is 19.3 Å². The van der Waals surface area contributed by atoms with E-state index in [1.807, 2.05) is 12.3 Å². The molecule has 0 saturated heterocycles. The van der Waals surface area contributed by atoms with Crippen molar-refractivity contribution in [2.75, 3.05) is 6.54 Å². The fourth-order valence-corrected chi connectivity index (χ4v) is 3.93. The average Bonchev–Trinajstić information content (AvgIpc) is 3.20. The molecular formula is C16H25N3OS. The van der Waals surface area contributed by atoms with Crippen LogP contribution in [-0.2, 0) is 0 Å². The highest BCUT2D eigenvalue weighted by atomic mass is 32.1. The molecule has 0 aliphatic heterocycles. The molecule has 0 radical (unpaired) electrons. The number of aromatic nitrogens is 1. The van der Waals surface area contributed by atoms with Crippen molar-refractivity contribution in [1.29, 1.82) is 0 Å². The molecule has 4 nitrogen and oxygen atoms in total. The van der Waals surface area contributed by atoms with Crippen LogP contribution in [0.3, 0.4) is 0 Å². The van der Waals surface area contributed by atoms with Crippen molar-refractivity contribution >= 4 is 17.2 Å². The van der Waals surface area contributed by atoms with Crippen LogP contribution in [0.2, 0.25) is 0 Å². The molecule has 116 valence electrons. The SMILES string of the molecule is CC(N)c1nc(C(=O)N(CC2CCCCC2)C2CC2)cs1. The summed E-state index contributed by atoms with van der Waals surface area (Å²) in [6.07, 6.45) is 8.87. The second-order valence-electron chi connectivity index (χ2n) is 6.55. The Balaban J connectivity index is 1.68. The number of hydrogen-bond acceptors (Lipinski definition) is 4. The van der Waals surface area contributed by atoms with Gasteiger partial charge in [0.1, 0.15) is 10.7 Å². The number of carbonyl (C=O) groups is 1. The molecule has 0 bridgehead atoms. The maximum absolute atomic E-state index is 12.8. The van der Waals surface area contributed by atoms with Gasteiger partial charge in [0.05, 0.1) is 6.04 Å². The van der Waals surface area contributed by atoms with Crippen LogP contribution in [-0.4, -0.2) is 28.4 Å². The first-order valence-corrected chi connectivity index (χ1v) is 9.05. The van der Waals surface area contributed by atoms with E-state index in [9.17, 15) is 4.79 Å². The zero-order valence-electron chi connectivity index (χ0n) is 12.8. The fraction of sp³-hybridized carbons (Fsp3) is 0.750. The van der Waals surface area contributed by atoms with E-state index in [4.69, 9.17) is 5.73 Å². The van der Waals surface area contributed by atoms with Gasteiger partial charge in [0.15, 0.2) is 0 Å². The van der Waals surface area contributed by atoms with Crippen LogP contribution in [0.25, 0.3) is 0 Å². The molecule has 0 spiro atoms. The van der Waals surface area contributed by atoms with Gasteiger partial charge in [-0.2, -0.15) is 0 Å². The third kappa shape index (κ3) is 3.64. The molecule has 3 rings (SSSR count). The van der Waals surface area contributed by atoms with Crippen LogP contribution < -0.4 is 5.73 Å². The minimum Gasteiger partial charge on any atom is -0.334 e. The Labute approximate surface area is 130 Å². The molecule has 2 aliphatic carbocycles. The summed E-state index contributed by atoms with van der Waals surface area (Å²) in [4.78, 5) is 19.3. The van der Waals surface area contributed by atoms with Gasteiger partial charge in [-0.05, 0) is 38.5 Å². The summed E-state index contributed by atoms with van der Waals surface area (Å²) in [7, 11) is 0. The summed E-state index contributed by atoms with van der Waals surface area (Å²) < 4.78 is 0. The molecule has 2 aliphatic rings. The maximum atomic E-state index is 12.8. The Hall–Kier alpha value is -0.940. The van der Waals surface area contributed by atoms with Crippen molar-refractivity contribution in [3.05, 3.63) is 16.1 Å². The fourth-order valence-electron chi connectivity index (χ4n) is 3.17. The van der Waals surface area contributed by atoms with E-state index in [2.05, 4.69) is 9.88 Å². The van der Waals surface area contributed by atoms with Crippen molar-refractivity contribution in [2.24, 2.45) is 11.7 Å². The molecule has 1 unspecified atom stereocenters. The third-order valence-corrected chi connectivity index (χ3v) is 5.60. The van der Waals surface area contributed by atoms with E-state index in [-0.39, 0.29) is 11.9 Å². The van der Waals surface area contributed by atoms with E-state index >= 15 is 0 Å². The second-order valence-corrected chi connectivity index (χ2v) is 7.44. The number of hydrogen-bond donors (Lipinski definition) is 1. The molecule has 0 aromatic carbocycles. The highest BCUT2D eigenvalue weighted by Crippen LogP contribution is 2.32. The standard InChI is InChI=1S/C16H25N3OS/c1-11(17)15-18-14(10-21-15)16(20)19(13-7-8-13)9-12-5-3-2-4-6-12/h10-13H,2-9,17H2,1H3. The Morgan fingerprint density at radius 3 is 2.67 bits per heavy atom. The Kier molecular flexibility index (Phi) is 4.60.